The largest absolute Gasteiger partial charge is 0.344 e. The van der Waals surface area contributed by atoms with Crippen LogP contribution in [0.3, 0.4) is 0 Å². The van der Waals surface area contributed by atoms with Gasteiger partial charge >= 0.3 is 0 Å². The fourth-order valence-electron chi connectivity index (χ4n) is 0.977. The highest BCUT2D eigenvalue weighted by atomic mass is 32.2. The molecule has 0 radical (unpaired) electrons. The Balaban J connectivity index is 0. The highest BCUT2D eigenvalue weighted by molar-refractivity contribution is 7.86. The van der Waals surface area contributed by atoms with E-state index in [1.807, 2.05) is 0 Å². The summed E-state index contributed by atoms with van der Waals surface area (Å²) in [4.78, 5) is 11.3. The predicted molar refractivity (Wildman–Crippen MR) is 62.8 cm³/mol. The van der Waals surface area contributed by atoms with Crippen LogP contribution in [0, 0.1) is 5.92 Å². The summed E-state index contributed by atoms with van der Waals surface area (Å²) in [6, 6.07) is 0. The van der Waals surface area contributed by atoms with Crippen LogP contribution in [0.5, 0.6) is 0 Å². The van der Waals surface area contributed by atoms with Gasteiger partial charge in [-0.15, -0.1) is 0 Å². The molecule has 16 heavy (non-hydrogen) atoms. The number of carbonyl (C=O) groups is 1. The summed E-state index contributed by atoms with van der Waals surface area (Å²) in [5.41, 5.74) is 0.282. The molecule has 0 aliphatic heterocycles. The van der Waals surface area contributed by atoms with Crippen molar-refractivity contribution in [3.05, 3.63) is 12.2 Å². The fraction of sp³-hybridized carbons (Fsp3) is 0.667. The highest BCUT2D eigenvalue weighted by Gasteiger charge is 2.28. The van der Waals surface area contributed by atoms with E-state index in [9.17, 15) is 13.2 Å². The third-order valence-electron chi connectivity index (χ3n) is 1.95. The molecule has 6 nitrogen and oxygen atoms in total. The lowest BCUT2D eigenvalue weighted by Gasteiger charge is -2.19. The van der Waals surface area contributed by atoms with E-state index < -0.39 is 27.3 Å². The van der Waals surface area contributed by atoms with Crippen LogP contribution in [-0.2, 0) is 14.9 Å². The van der Waals surface area contributed by atoms with E-state index in [1.165, 1.54) is 0 Å². The number of hydrogen-bond donors (Lipinski definition) is 3. The van der Waals surface area contributed by atoms with E-state index in [2.05, 4.69) is 11.9 Å². The lowest BCUT2D eigenvalue weighted by atomic mass is 10.2. The Hall–Kier alpha value is -0.920. The van der Waals surface area contributed by atoms with E-state index >= 15 is 0 Å². The molecule has 96 valence electrons. The van der Waals surface area contributed by atoms with Crippen LogP contribution < -0.4 is 11.5 Å². The van der Waals surface area contributed by atoms with Crippen molar-refractivity contribution in [1.82, 2.24) is 11.5 Å². The predicted octanol–water partition coefficient (Wildman–Crippen LogP) is 1.10. The Kier molecular flexibility index (Phi) is 7.23. The number of amides is 1. The van der Waals surface area contributed by atoms with Crippen LogP contribution in [0.25, 0.3) is 0 Å². The Morgan fingerprint density at radius 1 is 1.44 bits per heavy atom. The Labute approximate surface area is 96.4 Å². The van der Waals surface area contributed by atoms with Gasteiger partial charge in [0.05, 0.1) is 0 Å². The van der Waals surface area contributed by atoms with E-state index in [-0.39, 0.29) is 11.7 Å². The van der Waals surface area contributed by atoms with Crippen LogP contribution in [-0.4, -0.2) is 24.3 Å². The first-order valence-corrected chi connectivity index (χ1v) is 6.15. The molecular weight excluding hydrogens is 232 g/mol. The minimum absolute atomic E-state index is 0. The number of rotatable bonds is 5. The quantitative estimate of drug-likeness (QED) is 0.500. The van der Waals surface area contributed by atoms with E-state index in [0.717, 1.165) is 0 Å². The van der Waals surface area contributed by atoms with Gasteiger partial charge < -0.3 is 11.5 Å². The van der Waals surface area contributed by atoms with Crippen LogP contribution in [0.4, 0.5) is 0 Å². The molecule has 0 aromatic carbocycles. The van der Waals surface area contributed by atoms with Gasteiger partial charge in [-0.1, -0.05) is 27.4 Å². The zero-order chi connectivity index (χ0) is 12.2. The molecule has 0 rings (SSSR count). The molecular formula is C9H20N2O4S. The van der Waals surface area contributed by atoms with Crippen LogP contribution >= 0.6 is 0 Å². The maximum absolute atomic E-state index is 11.3. The molecule has 0 aliphatic carbocycles. The van der Waals surface area contributed by atoms with Gasteiger partial charge in [-0.05, 0) is 12.3 Å². The van der Waals surface area contributed by atoms with Gasteiger partial charge in [0, 0.05) is 5.57 Å². The van der Waals surface area contributed by atoms with Crippen molar-refractivity contribution < 1.29 is 17.8 Å². The topological polar surface area (TPSA) is 118 Å². The van der Waals surface area contributed by atoms with Crippen LogP contribution in [0.2, 0.25) is 0 Å². The van der Waals surface area contributed by atoms with E-state index in [4.69, 9.17) is 4.55 Å². The van der Waals surface area contributed by atoms with Crippen molar-refractivity contribution in [2.75, 3.05) is 0 Å². The monoisotopic (exact) mass is 252 g/mol. The van der Waals surface area contributed by atoms with E-state index in [0.29, 0.717) is 6.42 Å². The molecule has 0 saturated carbocycles. The zero-order valence-electron chi connectivity index (χ0n) is 9.86. The smallest absolute Gasteiger partial charge is 0.286 e. The summed E-state index contributed by atoms with van der Waals surface area (Å²) in [6.07, 6.45) is 0.433. The summed E-state index contributed by atoms with van der Waals surface area (Å²) in [6.45, 7) is 8.40. The lowest BCUT2D eigenvalue weighted by molar-refractivity contribution is -0.118. The lowest BCUT2D eigenvalue weighted by Crippen LogP contribution is -2.44. The third-order valence-corrected chi connectivity index (χ3v) is 3.25. The highest BCUT2D eigenvalue weighted by Crippen LogP contribution is 2.09. The molecule has 0 fully saturated rings. The van der Waals surface area contributed by atoms with Gasteiger partial charge in [-0.25, -0.2) is 0 Å². The summed E-state index contributed by atoms with van der Waals surface area (Å²) >= 11 is 0. The van der Waals surface area contributed by atoms with Gasteiger partial charge in [0.15, 0.2) is 5.37 Å². The van der Waals surface area contributed by atoms with Crippen molar-refractivity contribution in [3.63, 3.8) is 0 Å². The average molecular weight is 252 g/mol. The van der Waals surface area contributed by atoms with Crippen LogP contribution in [0.15, 0.2) is 12.2 Å². The Morgan fingerprint density at radius 2 is 1.88 bits per heavy atom. The van der Waals surface area contributed by atoms with Gasteiger partial charge in [0.2, 0.25) is 5.91 Å². The van der Waals surface area contributed by atoms with Crippen molar-refractivity contribution >= 4 is 16.0 Å². The molecule has 0 spiro atoms. The molecule has 5 N–H and O–H groups in total. The molecule has 0 saturated heterocycles. The second-order valence-corrected chi connectivity index (χ2v) is 5.15. The zero-order valence-corrected chi connectivity index (χ0v) is 10.7. The number of hydrogen-bond acceptors (Lipinski definition) is 4. The molecule has 0 aliphatic rings. The molecule has 0 bridgehead atoms. The van der Waals surface area contributed by atoms with Crippen LogP contribution in [0.1, 0.15) is 27.2 Å². The first-order chi connectivity index (χ1) is 6.70. The second kappa shape index (κ2) is 6.62. The first kappa shape index (κ1) is 17.5. The van der Waals surface area contributed by atoms with Crippen molar-refractivity contribution in [3.8, 4) is 0 Å². The normalized spacial score (nSPS) is 12.8. The minimum Gasteiger partial charge on any atom is -0.344 e. The van der Waals surface area contributed by atoms with E-state index in [1.54, 1.807) is 20.8 Å². The maximum Gasteiger partial charge on any atom is 0.286 e. The second-order valence-electron chi connectivity index (χ2n) is 3.61. The minimum atomic E-state index is -4.27. The molecule has 1 unspecified atom stereocenters. The van der Waals surface area contributed by atoms with Gasteiger partial charge in [0.25, 0.3) is 10.1 Å². The number of carbonyl (C=O) groups excluding carboxylic acids is 1. The van der Waals surface area contributed by atoms with Crippen molar-refractivity contribution in [2.24, 2.45) is 5.92 Å². The molecule has 7 heteroatoms. The molecule has 1 atom stereocenters. The summed E-state index contributed by atoms with van der Waals surface area (Å²) in [7, 11) is -4.27. The average Bonchev–Trinajstić information content (AvgIpc) is 2.09. The Morgan fingerprint density at radius 3 is 2.12 bits per heavy atom. The summed E-state index contributed by atoms with van der Waals surface area (Å²) < 4.78 is 30.7. The first-order valence-electron chi connectivity index (χ1n) is 4.65. The SMILES string of the molecule is C=C(CC)C(=O)NC(C(C)C)S(=O)(=O)O.N. The van der Waals surface area contributed by atoms with Gasteiger partial charge in [0.1, 0.15) is 0 Å². The number of nitrogens with one attached hydrogen (secondary N) is 1. The van der Waals surface area contributed by atoms with Crippen molar-refractivity contribution in [1.29, 1.82) is 0 Å². The summed E-state index contributed by atoms with van der Waals surface area (Å²) in [5.74, 6) is -0.956. The standard InChI is InChI=1S/C9H17NO4S.H3N/c1-5-7(4)8(11)10-9(6(2)3)15(12,13)14;/h6,9H,4-5H2,1-3H3,(H,10,11)(H,12,13,14);1H3. The fourth-order valence-corrected chi connectivity index (χ4v) is 1.92. The molecule has 0 aromatic heterocycles. The Bertz CT molecular complexity index is 349. The molecule has 1 amide bonds. The van der Waals surface area contributed by atoms with Crippen molar-refractivity contribution in [2.45, 2.75) is 32.6 Å². The maximum atomic E-state index is 11.3. The van der Waals surface area contributed by atoms with Gasteiger partial charge in [-0.3, -0.25) is 9.35 Å². The van der Waals surface area contributed by atoms with Gasteiger partial charge in [-0.2, -0.15) is 8.42 Å². The molecule has 0 aromatic rings. The summed E-state index contributed by atoms with van der Waals surface area (Å²) in [5, 5.41) is 0.947. The molecule has 0 heterocycles. The third kappa shape index (κ3) is 5.24.